The molecule has 3 amide bonds. The van der Waals surface area contributed by atoms with Crippen molar-refractivity contribution in [3.8, 4) is 0 Å². The molecule has 0 atom stereocenters. The van der Waals surface area contributed by atoms with Crippen molar-refractivity contribution < 1.29 is 22.8 Å². The van der Waals surface area contributed by atoms with Gasteiger partial charge in [0.15, 0.2) is 0 Å². The number of likely N-dealkylation sites (N-methyl/N-ethyl adjacent to an activating group) is 1. The Kier molecular flexibility index (Phi) is 7.50. The van der Waals surface area contributed by atoms with Crippen LogP contribution in [0.1, 0.15) is 59.7 Å². The molecule has 0 aliphatic rings. The van der Waals surface area contributed by atoms with Crippen molar-refractivity contribution >= 4 is 23.4 Å². The summed E-state index contributed by atoms with van der Waals surface area (Å²) in [6.45, 7) is 13.5. The number of hydrogen-bond donors (Lipinski definition) is 2. The number of rotatable bonds is 5. The Bertz CT molecular complexity index is 1000. The number of nitrogens with one attached hydrogen (secondary N) is 2. The van der Waals surface area contributed by atoms with Crippen molar-refractivity contribution in [2.45, 2.75) is 65.6 Å². The molecule has 2 N–H and O–H groups in total. The molecule has 182 valence electrons. The highest BCUT2D eigenvalue weighted by Gasteiger charge is 2.31. The molecule has 0 bridgehead atoms. The fourth-order valence-electron chi connectivity index (χ4n) is 3.01. The van der Waals surface area contributed by atoms with E-state index in [1.165, 1.54) is 17.0 Å². The first kappa shape index (κ1) is 26.2. The molecule has 0 unspecified atom stereocenters. The molecular formula is C23H32F3N5O2. The van der Waals surface area contributed by atoms with E-state index in [9.17, 15) is 22.8 Å². The molecular weight excluding hydrogens is 435 g/mol. The first-order chi connectivity index (χ1) is 15.0. The highest BCUT2D eigenvalue weighted by atomic mass is 19.4. The van der Waals surface area contributed by atoms with Crippen LogP contribution >= 0.6 is 0 Å². The van der Waals surface area contributed by atoms with E-state index in [1.54, 1.807) is 11.6 Å². The van der Waals surface area contributed by atoms with Crippen molar-refractivity contribution in [3.05, 3.63) is 41.6 Å². The summed E-state index contributed by atoms with van der Waals surface area (Å²) in [4.78, 5) is 26.5. The smallest absolute Gasteiger partial charge is 0.315 e. The van der Waals surface area contributed by atoms with Crippen molar-refractivity contribution in [1.29, 1.82) is 0 Å². The number of aromatic nitrogens is 2. The quantitative estimate of drug-likeness (QED) is 0.614. The van der Waals surface area contributed by atoms with E-state index in [0.717, 1.165) is 17.8 Å². The highest BCUT2D eigenvalue weighted by molar-refractivity contribution is 5.96. The lowest BCUT2D eigenvalue weighted by atomic mass is 9.92. The number of amides is 3. The van der Waals surface area contributed by atoms with Crippen molar-refractivity contribution in [2.75, 3.05) is 23.7 Å². The van der Waals surface area contributed by atoms with Crippen molar-refractivity contribution in [2.24, 2.45) is 0 Å². The summed E-state index contributed by atoms with van der Waals surface area (Å²) >= 11 is 0. The van der Waals surface area contributed by atoms with Crippen LogP contribution in [0.5, 0.6) is 0 Å². The van der Waals surface area contributed by atoms with Gasteiger partial charge in [-0.1, -0.05) is 26.8 Å². The Labute approximate surface area is 192 Å². The summed E-state index contributed by atoms with van der Waals surface area (Å²) in [6.07, 6.45) is -4.52. The highest BCUT2D eigenvalue weighted by Crippen LogP contribution is 2.31. The van der Waals surface area contributed by atoms with Crippen LogP contribution in [-0.4, -0.2) is 39.7 Å². The van der Waals surface area contributed by atoms with Gasteiger partial charge in [-0.05, 0) is 45.9 Å². The first-order valence-corrected chi connectivity index (χ1v) is 10.7. The average Bonchev–Trinajstić information content (AvgIpc) is 3.10. The van der Waals surface area contributed by atoms with Crippen LogP contribution in [0.2, 0.25) is 0 Å². The third-order valence-electron chi connectivity index (χ3n) is 4.83. The van der Waals surface area contributed by atoms with Gasteiger partial charge >= 0.3 is 12.2 Å². The normalized spacial score (nSPS) is 12.4. The summed E-state index contributed by atoms with van der Waals surface area (Å²) in [5, 5.41) is 9.88. The number of carbonyl (C=O) groups is 2. The second-order valence-corrected chi connectivity index (χ2v) is 9.82. The number of benzene rings is 1. The van der Waals surface area contributed by atoms with Gasteiger partial charge in [0.2, 0.25) is 5.91 Å². The van der Waals surface area contributed by atoms with E-state index in [-0.39, 0.29) is 24.2 Å². The molecule has 7 nitrogen and oxygen atoms in total. The van der Waals surface area contributed by atoms with Crippen LogP contribution in [-0.2, 0) is 21.9 Å². The minimum Gasteiger partial charge on any atom is -0.315 e. The Hall–Kier alpha value is -3.04. The maximum Gasteiger partial charge on any atom is 0.416 e. The molecule has 0 saturated carbocycles. The van der Waals surface area contributed by atoms with Crippen molar-refractivity contribution in [1.82, 2.24) is 14.7 Å². The topological polar surface area (TPSA) is 79.3 Å². The van der Waals surface area contributed by atoms with E-state index < -0.39 is 29.2 Å². The van der Waals surface area contributed by atoms with Crippen LogP contribution in [0.15, 0.2) is 30.3 Å². The number of nitrogens with zero attached hydrogens (tertiary/aromatic N) is 3. The largest absolute Gasteiger partial charge is 0.416 e. The Morgan fingerprint density at radius 2 is 1.67 bits per heavy atom. The Morgan fingerprint density at radius 1 is 1.03 bits per heavy atom. The predicted molar refractivity (Wildman–Crippen MR) is 122 cm³/mol. The van der Waals surface area contributed by atoms with Gasteiger partial charge in [-0.3, -0.25) is 4.79 Å². The molecule has 2 rings (SSSR count). The summed E-state index contributed by atoms with van der Waals surface area (Å²) in [6, 6.07) is 5.47. The fraction of sp³-hybridized carbons (Fsp3) is 0.522. The lowest BCUT2D eigenvalue weighted by molar-refractivity contribution is -0.137. The zero-order chi connectivity index (χ0) is 25.2. The second-order valence-electron chi connectivity index (χ2n) is 9.82. The standard InChI is InChI=1S/C23H32F3N5O2/c1-8-30(20(33)27-16-11-9-10-15(12-16)23(24,25)26)14-19(32)28-18-13-17(21(2,3)4)29-31(18)22(5,6)7/h9-13H,8,14H2,1-7H3,(H,27,33)(H,28,32). The fourth-order valence-corrected chi connectivity index (χ4v) is 3.01. The molecule has 1 aromatic heterocycles. The minimum atomic E-state index is -4.52. The van der Waals surface area contributed by atoms with E-state index in [4.69, 9.17) is 0 Å². The van der Waals surface area contributed by atoms with E-state index in [0.29, 0.717) is 5.82 Å². The summed E-state index contributed by atoms with van der Waals surface area (Å²) in [5.74, 6) is 0.0636. The number of urea groups is 1. The molecule has 0 aliphatic heterocycles. The molecule has 33 heavy (non-hydrogen) atoms. The van der Waals surface area contributed by atoms with Crippen LogP contribution < -0.4 is 10.6 Å². The van der Waals surface area contributed by atoms with Gasteiger partial charge in [0.1, 0.15) is 12.4 Å². The molecule has 2 aromatic rings. The monoisotopic (exact) mass is 467 g/mol. The molecule has 0 radical (unpaired) electrons. The maximum absolute atomic E-state index is 12.9. The zero-order valence-electron chi connectivity index (χ0n) is 20.1. The SMILES string of the molecule is CCN(CC(=O)Nc1cc(C(C)(C)C)nn1C(C)(C)C)C(=O)Nc1cccc(C(F)(F)F)c1. The Balaban J connectivity index is 2.14. The van der Waals surface area contributed by atoms with Crippen LogP contribution in [0.4, 0.5) is 29.5 Å². The average molecular weight is 468 g/mol. The lowest BCUT2D eigenvalue weighted by Crippen LogP contribution is -2.41. The Morgan fingerprint density at radius 3 is 2.18 bits per heavy atom. The number of alkyl halides is 3. The van der Waals surface area contributed by atoms with Crippen LogP contribution in [0, 0.1) is 0 Å². The van der Waals surface area contributed by atoms with Gasteiger partial charge < -0.3 is 15.5 Å². The molecule has 0 spiro atoms. The molecule has 1 heterocycles. The molecule has 0 saturated heterocycles. The van der Waals surface area contributed by atoms with Gasteiger partial charge in [0, 0.05) is 23.7 Å². The third-order valence-corrected chi connectivity index (χ3v) is 4.83. The minimum absolute atomic E-state index is 0.00527. The summed E-state index contributed by atoms with van der Waals surface area (Å²) in [5.41, 5.74) is -0.684. The molecule has 10 heteroatoms. The lowest BCUT2D eigenvalue weighted by Gasteiger charge is -2.24. The molecule has 0 fully saturated rings. The van der Waals surface area contributed by atoms with Gasteiger partial charge in [0.25, 0.3) is 0 Å². The maximum atomic E-state index is 12.9. The number of halogens is 3. The number of anilines is 2. The van der Waals surface area contributed by atoms with Gasteiger partial charge in [0.05, 0.1) is 16.8 Å². The number of hydrogen-bond acceptors (Lipinski definition) is 3. The van der Waals surface area contributed by atoms with Crippen molar-refractivity contribution in [3.63, 3.8) is 0 Å². The summed E-state index contributed by atoms with van der Waals surface area (Å²) < 4.78 is 40.5. The van der Waals surface area contributed by atoms with Gasteiger partial charge in [-0.15, -0.1) is 0 Å². The van der Waals surface area contributed by atoms with E-state index >= 15 is 0 Å². The van der Waals surface area contributed by atoms with Gasteiger partial charge in [-0.25, -0.2) is 9.48 Å². The van der Waals surface area contributed by atoms with Gasteiger partial charge in [-0.2, -0.15) is 18.3 Å². The molecule has 0 aliphatic carbocycles. The third kappa shape index (κ3) is 6.97. The first-order valence-electron chi connectivity index (χ1n) is 10.7. The van der Waals surface area contributed by atoms with Crippen LogP contribution in [0.25, 0.3) is 0 Å². The molecule has 1 aromatic carbocycles. The zero-order valence-corrected chi connectivity index (χ0v) is 20.1. The van der Waals surface area contributed by atoms with E-state index in [2.05, 4.69) is 15.7 Å². The predicted octanol–water partition coefficient (Wildman–Crippen LogP) is 5.45. The number of carbonyl (C=O) groups excluding carboxylic acids is 2. The van der Waals surface area contributed by atoms with Crippen LogP contribution in [0.3, 0.4) is 0 Å². The van der Waals surface area contributed by atoms with E-state index in [1.807, 2.05) is 47.6 Å². The second kappa shape index (κ2) is 9.44. The summed E-state index contributed by atoms with van der Waals surface area (Å²) in [7, 11) is 0.